The number of carbonyl (C=O) groups excluding carboxylic acids is 1. The van der Waals surface area contributed by atoms with Gasteiger partial charge >= 0.3 is 0 Å². The van der Waals surface area contributed by atoms with Crippen LogP contribution in [0.1, 0.15) is 15.4 Å². The van der Waals surface area contributed by atoms with E-state index in [1.807, 2.05) is 6.92 Å². The highest BCUT2D eigenvalue weighted by molar-refractivity contribution is 7.91. The predicted molar refractivity (Wildman–Crippen MR) is 85.0 cm³/mol. The molecular formula is C14H15N3O4S2. The SMILES string of the molecule is Cc1ccc(S(=O)(=O)N2CC(Oc3ccnc(C(N)=O)c3)C2)s1. The Bertz CT molecular complexity index is 841. The van der Waals surface area contributed by atoms with Gasteiger partial charge in [-0.15, -0.1) is 11.3 Å². The molecule has 122 valence electrons. The zero-order valence-electron chi connectivity index (χ0n) is 12.3. The number of hydrogen-bond donors (Lipinski definition) is 1. The standard InChI is InChI=1S/C14H15N3O4S2/c1-9-2-3-13(22-9)23(19,20)17-7-11(8-17)21-10-4-5-16-12(6-10)14(15)18/h2-6,11H,7-8H2,1H3,(H2,15,18). The van der Waals surface area contributed by atoms with Gasteiger partial charge in [-0.25, -0.2) is 8.42 Å². The van der Waals surface area contributed by atoms with Crippen molar-refractivity contribution in [3.05, 3.63) is 41.0 Å². The molecule has 0 unspecified atom stereocenters. The molecule has 1 saturated heterocycles. The Kier molecular flexibility index (Phi) is 4.09. The van der Waals surface area contributed by atoms with E-state index in [0.717, 1.165) is 4.88 Å². The second kappa shape index (κ2) is 5.91. The van der Waals surface area contributed by atoms with Crippen molar-refractivity contribution in [1.29, 1.82) is 0 Å². The van der Waals surface area contributed by atoms with E-state index in [9.17, 15) is 13.2 Å². The van der Waals surface area contributed by atoms with Crippen LogP contribution in [-0.4, -0.2) is 42.8 Å². The largest absolute Gasteiger partial charge is 0.488 e. The predicted octanol–water partition coefficient (Wildman–Crippen LogP) is 1.00. The fraction of sp³-hybridized carbons (Fsp3) is 0.286. The summed E-state index contributed by atoms with van der Waals surface area (Å²) < 4.78 is 32.1. The van der Waals surface area contributed by atoms with Crippen LogP contribution < -0.4 is 10.5 Å². The Hall–Kier alpha value is -1.97. The number of carbonyl (C=O) groups is 1. The van der Waals surface area contributed by atoms with Gasteiger partial charge in [-0.05, 0) is 25.1 Å². The van der Waals surface area contributed by atoms with Crippen LogP contribution in [0.2, 0.25) is 0 Å². The van der Waals surface area contributed by atoms with Gasteiger partial charge in [0, 0.05) is 17.1 Å². The fourth-order valence-corrected chi connectivity index (χ4v) is 5.10. The smallest absolute Gasteiger partial charge is 0.267 e. The molecule has 23 heavy (non-hydrogen) atoms. The number of thiophene rings is 1. The quantitative estimate of drug-likeness (QED) is 0.864. The summed E-state index contributed by atoms with van der Waals surface area (Å²) in [6.07, 6.45) is 1.17. The van der Waals surface area contributed by atoms with Gasteiger partial charge in [0.2, 0.25) is 0 Å². The van der Waals surface area contributed by atoms with Crippen LogP contribution in [0.3, 0.4) is 0 Å². The van der Waals surface area contributed by atoms with Crippen molar-refractivity contribution >= 4 is 27.3 Å². The molecule has 0 aliphatic carbocycles. The number of nitrogens with zero attached hydrogens (tertiary/aromatic N) is 2. The molecule has 2 N–H and O–H groups in total. The zero-order valence-corrected chi connectivity index (χ0v) is 13.9. The first kappa shape index (κ1) is 15.9. The number of aromatic nitrogens is 1. The summed E-state index contributed by atoms with van der Waals surface area (Å²) in [6.45, 7) is 2.41. The lowest BCUT2D eigenvalue weighted by atomic mass is 10.2. The van der Waals surface area contributed by atoms with E-state index < -0.39 is 15.9 Å². The van der Waals surface area contributed by atoms with Crippen LogP contribution in [-0.2, 0) is 10.0 Å². The van der Waals surface area contributed by atoms with Crippen molar-refractivity contribution in [1.82, 2.24) is 9.29 Å². The lowest BCUT2D eigenvalue weighted by Crippen LogP contribution is -2.55. The second-order valence-corrected chi connectivity index (χ2v) is 8.62. The average molecular weight is 353 g/mol. The molecule has 7 nitrogen and oxygen atoms in total. The molecule has 0 saturated carbocycles. The third kappa shape index (κ3) is 3.21. The lowest BCUT2D eigenvalue weighted by Gasteiger charge is -2.37. The van der Waals surface area contributed by atoms with Gasteiger partial charge in [-0.2, -0.15) is 4.31 Å². The zero-order chi connectivity index (χ0) is 16.6. The number of primary amides is 1. The van der Waals surface area contributed by atoms with Gasteiger partial charge in [-0.3, -0.25) is 9.78 Å². The second-order valence-electron chi connectivity index (χ2n) is 5.17. The first-order chi connectivity index (χ1) is 10.9. The molecule has 1 fully saturated rings. The van der Waals surface area contributed by atoms with E-state index >= 15 is 0 Å². The van der Waals surface area contributed by atoms with Crippen molar-refractivity contribution in [2.24, 2.45) is 5.73 Å². The molecule has 2 aromatic heterocycles. The van der Waals surface area contributed by atoms with Crippen molar-refractivity contribution in [2.75, 3.05) is 13.1 Å². The van der Waals surface area contributed by atoms with Crippen molar-refractivity contribution in [3.63, 3.8) is 0 Å². The number of nitrogens with two attached hydrogens (primary N) is 1. The number of rotatable bonds is 5. The molecule has 0 spiro atoms. The maximum Gasteiger partial charge on any atom is 0.267 e. The molecule has 9 heteroatoms. The van der Waals surface area contributed by atoms with Crippen molar-refractivity contribution < 1.29 is 17.9 Å². The maximum atomic E-state index is 12.4. The topological polar surface area (TPSA) is 103 Å². The van der Waals surface area contributed by atoms with E-state index in [2.05, 4.69) is 4.98 Å². The number of amides is 1. The van der Waals surface area contributed by atoms with Crippen LogP contribution in [0.15, 0.2) is 34.7 Å². The lowest BCUT2D eigenvalue weighted by molar-refractivity contribution is 0.0760. The molecule has 1 aliphatic heterocycles. The Balaban J connectivity index is 1.63. The normalized spacial score (nSPS) is 16.0. The monoisotopic (exact) mass is 353 g/mol. The number of aryl methyl sites for hydroxylation is 1. The molecule has 0 atom stereocenters. The van der Waals surface area contributed by atoms with Crippen LogP contribution in [0, 0.1) is 6.92 Å². The summed E-state index contributed by atoms with van der Waals surface area (Å²) in [5.41, 5.74) is 5.27. The van der Waals surface area contributed by atoms with Gasteiger partial charge in [-0.1, -0.05) is 0 Å². The fourth-order valence-electron chi connectivity index (χ4n) is 2.16. The minimum Gasteiger partial charge on any atom is -0.488 e. The molecule has 3 rings (SSSR count). The number of pyridine rings is 1. The number of ether oxygens (including phenoxy) is 1. The molecule has 3 heterocycles. The van der Waals surface area contributed by atoms with Crippen LogP contribution in [0.25, 0.3) is 0 Å². The summed E-state index contributed by atoms with van der Waals surface area (Å²) in [7, 11) is -3.44. The Morgan fingerprint density at radius 2 is 2.13 bits per heavy atom. The summed E-state index contributed by atoms with van der Waals surface area (Å²) in [4.78, 5) is 15.9. The molecule has 1 amide bonds. The summed E-state index contributed by atoms with van der Waals surface area (Å²) in [5, 5.41) is 0. The number of sulfonamides is 1. The molecular weight excluding hydrogens is 338 g/mol. The Morgan fingerprint density at radius 3 is 2.74 bits per heavy atom. The summed E-state index contributed by atoms with van der Waals surface area (Å²) in [6, 6.07) is 6.45. The Labute approximate surface area is 137 Å². The van der Waals surface area contributed by atoms with Crippen molar-refractivity contribution in [2.45, 2.75) is 17.2 Å². The van der Waals surface area contributed by atoms with Gasteiger partial charge in [0.1, 0.15) is 21.8 Å². The average Bonchev–Trinajstić information content (AvgIpc) is 2.90. The molecule has 1 aliphatic rings. The highest BCUT2D eigenvalue weighted by Crippen LogP contribution is 2.28. The highest BCUT2D eigenvalue weighted by Gasteiger charge is 2.38. The van der Waals surface area contributed by atoms with Gasteiger partial charge in [0.05, 0.1) is 13.1 Å². The first-order valence-corrected chi connectivity index (χ1v) is 9.11. The minimum atomic E-state index is -3.44. The Morgan fingerprint density at radius 1 is 1.39 bits per heavy atom. The van der Waals surface area contributed by atoms with Gasteiger partial charge < -0.3 is 10.5 Å². The first-order valence-electron chi connectivity index (χ1n) is 6.85. The van der Waals surface area contributed by atoms with Gasteiger partial charge in [0.15, 0.2) is 0 Å². The van der Waals surface area contributed by atoms with Crippen molar-refractivity contribution in [3.8, 4) is 5.75 Å². The molecule has 0 bridgehead atoms. The maximum absolute atomic E-state index is 12.4. The van der Waals surface area contributed by atoms with Gasteiger partial charge in [0.25, 0.3) is 15.9 Å². The third-order valence-corrected chi connectivity index (χ3v) is 6.71. The summed E-state index contributed by atoms with van der Waals surface area (Å²) >= 11 is 1.25. The summed E-state index contributed by atoms with van der Waals surface area (Å²) in [5.74, 6) is -0.191. The van der Waals surface area contributed by atoms with E-state index in [-0.39, 0.29) is 24.9 Å². The highest BCUT2D eigenvalue weighted by atomic mass is 32.2. The van der Waals surface area contributed by atoms with E-state index in [1.54, 1.807) is 18.2 Å². The molecule has 2 aromatic rings. The molecule has 0 radical (unpaired) electrons. The third-order valence-electron chi connectivity index (χ3n) is 3.41. The molecule has 0 aromatic carbocycles. The number of hydrogen-bond acceptors (Lipinski definition) is 6. The van der Waals surface area contributed by atoms with Crippen LogP contribution in [0.5, 0.6) is 5.75 Å². The van der Waals surface area contributed by atoms with E-state index in [0.29, 0.717) is 9.96 Å². The van der Waals surface area contributed by atoms with E-state index in [4.69, 9.17) is 10.5 Å². The van der Waals surface area contributed by atoms with E-state index in [1.165, 1.54) is 27.9 Å². The van der Waals surface area contributed by atoms with Crippen LogP contribution >= 0.6 is 11.3 Å². The minimum absolute atomic E-state index is 0.111. The van der Waals surface area contributed by atoms with Crippen LogP contribution in [0.4, 0.5) is 0 Å².